The SMILES string of the molecule is O=C(c1cc(NCc2ccccc2F)nc2ccccc12)N1CCOCC1. The minimum absolute atomic E-state index is 0.0363. The number of amides is 1. The number of nitrogens with zero attached hydrogens (tertiary/aromatic N) is 2. The van der Waals surface area contributed by atoms with Crippen LogP contribution in [0, 0.1) is 5.82 Å². The second-order valence-electron chi connectivity index (χ2n) is 6.42. The van der Waals surface area contributed by atoms with Gasteiger partial charge in [-0.3, -0.25) is 4.79 Å². The average molecular weight is 365 g/mol. The fourth-order valence-electron chi connectivity index (χ4n) is 3.21. The first-order valence-corrected chi connectivity index (χ1v) is 8.96. The Morgan fingerprint density at radius 2 is 1.85 bits per heavy atom. The fraction of sp³-hybridized carbons (Fsp3) is 0.238. The summed E-state index contributed by atoms with van der Waals surface area (Å²) in [5.41, 5.74) is 1.87. The van der Waals surface area contributed by atoms with Crippen LogP contribution >= 0.6 is 0 Å². The molecule has 1 aliphatic rings. The Kier molecular flexibility index (Phi) is 4.98. The van der Waals surface area contributed by atoms with Crippen molar-refractivity contribution in [3.63, 3.8) is 0 Å². The van der Waals surface area contributed by atoms with Crippen LogP contribution in [0.25, 0.3) is 10.9 Å². The molecule has 0 unspecified atom stereocenters. The van der Waals surface area contributed by atoms with E-state index in [4.69, 9.17) is 4.74 Å². The van der Waals surface area contributed by atoms with E-state index in [0.717, 1.165) is 10.9 Å². The highest BCUT2D eigenvalue weighted by Gasteiger charge is 2.21. The number of pyridine rings is 1. The summed E-state index contributed by atoms with van der Waals surface area (Å²) >= 11 is 0. The number of para-hydroxylation sites is 1. The summed E-state index contributed by atoms with van der Waals surface area (Å²) in [6.07, 6.45) is 0. The van der Waals surface area contributed by atoms with Crippen molar-refractivity contribution in [2.24, 2.45) is 0 Å². The van der Waals surface area contributed by atoms with Crippen LogP contribution in [-0.2, 0) is 11.3 Å². The second kappa shape index (κ2) is 7.72. The number of fused-ring (bicyclic) bond motifs is 1. The molecule has 5 nitrogen and oxygen atoms in total. The quantitative estimate of drug-likeness (QED) is 0.769. The monoisotopic (exact) mass is 365 g/mol. The second-order valence-corrected chi connectivity index (χ2v) is 6.42. The number of nitrogens with one attached hydrogen (secondary N) is 1. The largest absolute Gasteiger partial charge is 0.378 e. The third-order valence-corrected chi connectivity index (χ3v) is 4.66. The average Bonchev–Trinajstić information content (AvgIpc) is 2.72. The standard InChI is InChI=1S/C21H20FN3O2/c22-18-7-3-1-5-15(18)14-23-20-13-17(16-6-2-4-8-19(16)24-20)21(26)25-9-11-27-12-10-25/h1-8,13H,9-12,14H2,(H,23,24). The molecule has 0 atom stereocenters. The fourth-order valence-corrected chi connectivity index (χ4v) is 3.21. The number of halogens is 1. The Morgan fingerprint density at radius 3 is 2.67 bits per heavy atom. The number of morpholine rings is 1. The molecule has 138 valence electrons. The number of ether oxygens (including phenoxy) is 1. The van der Waals surface area contributed by atoms with E-state index in [1.807, 2.05) is 24.3 Å². The highest BCUT2D eigenvalue weighted by molar-refractivity contribution is 6.07. The van der Waals surface area contributed by atoms with E-state index in [2.05, 4.69) is 10.3 Å². The van der Waals surface area contributed by atoms with Crippen LogP contribution in [0.3, 0.4) is 0 Å². The number of hydrogen-bond donors (Lipinski definition) is 1. The summed E-state index contributed by atoms with van der Waals surface area (Å²) in [5.74, 6) is 0.245. The molecule has 2 aromatic carbocycles. The van der Waals surface area contributed by atoms with Gasteiger partial charge < -0.3 is 15.0 Å². The molecule has 1 N–H and O–H groups in total. The molecular formula is C21H20FN3O2. The number of anilines is 1. The molecule has 1 amide bonds. The van der Waals surface area contributed by atoms with Gasteiger partial charge in [-0.2, -0.15) is 0 Å². The van der Waals surface area contributed by atoms with E-state index < -0.39 is 0 Å². The van der Waals surface area contributed by atoms with E-state index in [1.54, 1.807) is 29.2 Å². The van der Waals surface area contributed by atoms with Crippen molar-refractivity contribution in [3.8, 4) is 0 Å². The molecule has 3 aromatic rings. The van der Waals surface area contributed by atoms with E-state index in [1.165, 1.54) is 6.07 Å². The first-order chi connectivity index (χ1) is 13.2. The molecule has 0 radical (unpaired) electrons. The Morgan fingerprint density at radius 1 is 1.11 bits per heavy atom. The van der Waals surface area contributed by atoms with Crippen molar-refractivity contribution >= 4 is 22.6 Å². The van der Waals surface area contributed by atoms with E-state index in [0.29, 0.717) is 49.8 Å². The van der Waals surface area contributed by atoms with Crippen LogP contribution in [0.5, 0.6) is 0 Å². The molecule has 1 aromatic heterocycles. The lowest BCUT2D eigenvalue weighted by atomic mass is 10.1. The predicted molar refractivity (Wildman–Crippen MR) is 102 cm³/mol. The van der Waals surface area contributed by atoms with Gasteiger partial charge in [0.05, 0.1) is 24.3 Å². The normalized spacial score (nSPS) is 14.3. The minimum atomic E-state index is -0.268. The highest BCUT2D eigenvalue weighted by atomic mass is 19.1. The molecule has 1 saturated heterocycles. The minimum Gasteiger partial charge on any atom is -0.378 e. The van der Waals surface area contributed by atoms with Gasteiger partial charge in [0, 0.05) is 30.6 Å². The molecule has 0 saturated carbocycles. The molecule has 0 spiro atoms. The summed E-state index contributed by atoms with van der Waals surface area (Å²) < 4.78 is 19.2. The van der Waals surface area contributed by atoms with Gasteiger partial charge in [-0.25, -0.2) is 9.37 Å². The zero-order valence-electron chi connectivity index (χ0n) is 14.8. The van der Waals surface area contributed by atoms with Gasteiger partial charge in [0.1, 0.15) is 11.6 Å². The highest BCUT2D eigenvalue weighted by Crippen LogP contribution is 2.23. The molecule has 1 fully saturated rings. The van der Waals surface area contributed by atoms with E-state index >= 15 is 0 Å². The number of carbonyl (C=O) groups is 1. The van der Waals surface area contributed by atoms with Crippen LogP contribution in [0.2, 0.25) is 0 Å². The van der Waals surface area contributed by atoms with Gasteiger partial charge in [-0.1, -0.05) is 36.4 Å². The molecule has 27 heavy (non-hydrogen) atoms. The van der Waals surface area contributed by atoms with Crippen LogP contribution in [0.1, 0.15) is 15.9 Å². The summed E-state index contributed by atoms with van der Waals surface area (Å²) in [6, 6.07) is 15.9. The van der Waals surface area contributed by atoms with Crippen molar-refractivity contribution in [2.75, 3.05) is 31.6 Å². The molecule has 2 heterocycles. The van der Waals surface area contributed by atoms with Crippen molar-refractivity contribution in [3.05, 3.63) is 71.5 Å². The van der Waals surface area contributed by atoms with Gasteiger partial charge in [0.2, 0.25) is 0 Å². The molecule has 6 heteroatoms. The number of benzene rings is 2. The van der Waals surface area contributed by atoms with Crippen LogP contribution in [0.15, 0.2) is 54.6 Å². The molecule has 0 bridgehead atoms. The Labute approximate surface area is 156 Å². The van der Waals surface area contributed by atoms with Gasteiger partial charge in [0.25, 0.3) is 5.91 Å². The smallest absolute Gasteiger partial charge is 0.254 e. The zero-order chi connectivity index (χ0) is 18.6. The zero-order valence-corrected chi connectivity index (χ0v) is 14.8. The first-order valence-electron chi connectivity index (χ1n) is 8.96. The maximum atomic E-state index is 13.9. The number of rotatable bonds is 4. The molecule has 1 aliphatic heterocycles. The Balaban J connectivity index is 1.65. The van der Waals surface area contributed by atoms with Crippen molar-refractivity contribution in [1.82, 2.24) is 9.88 Å². The lowest BCUT2D eigenvalue weighted by Crippen LogP contribution is -2.40. The topological polar surface area (TPSA) is 54.5 Å². The predicted octanol–water partition coefficient (Wildman–Crippen LogP) is 3.46. The lowest BCUT2D eigenvalue weighted by Gasteiger charge is -2.27. The number of aromatic nitrogens is 1. The maximum Gasteiger partial charge on any atom is 0.254 e. The number of carbonyl (C=O) groups excluding carboxylic acids is 1. The first kappa shape index (κ1) is 17.4. The third kappa shape index (κ3) is 3.75. The summed E-state index contributed by atoms with van der Waals surface area (Å²) in [7, 11) is 0. The van der Waals surface area contributed by atoms with Gasteiger partial charge in [-0.15, -0.1) is 0 Å². The maximum absolute atomic E-state index is 13.9. The van der Waals surface area contributed by atoms with E-state index in [9.17, 15) is 9.18 Å². The molecule has 0 aliphatic carbocycles. The molecular weight excluding hydrogens is 345 g/mol. The summed E-state index contributed by atoms with van der Waals surface area (Å²) in [6.45, 7) is 2.55. The van der Waals surface area contributed by atoms with Crippen molar-refractivity contribution in [2.45, 2.75) is 6.54 Å². The lowest BCUT2D eigenvalue weighted by molar-refractivity contribution is 0.0304. The van der Waals surface area contributed by atoms with Crippen LogP contribution in [0.4, 0.5) is 10.2 Å². The summed E-state index contributed by atoms with van der Waals surface area (Å²) in [5, 5.41) is 3.96. The van der Waals surface area contributed by atoms with Crippen molar-refractivity contribution < 1.29 is 13.9 Å². The van der Waals surface area contributed by atoms with Gasteiger partial charge in [0.15, 0.2) is 0 Å². The van der Waals surface area contributed by atoms with Crippen LogP contribution < -0.4 is 5.32 Å². The third-order valence-electron chi connectivity index (χ3n) is 4.66. The van der Waals surface area contributed by atoms with Crippen LogP contribution in [-0.4, -0.2) is 42.1 Å². The van der Waals surface area contributed by atoms with E-state index in [-0.39, 0.29) is 11.7 Å². The van der Waals surface area contributed by atoms with Gasteiger partial charge in [-0.05, 0) is 18.2 Å². The van der Waals surface area contributed by atoms with Crippen molar-refractivity contribution in [1.29, 1.82) is 0 Å². The Bertz CT molecular complexity index is 971. The Hall–Kier alpha value is -2.99. The molecule has 4 rings (SSSR count). The summed E-state index contributed by atoms with van der Waals surface area (Å²) in [4.78, 5) is 19.4. The number of hydrogen-bond acceptors (Lipinski definition) is 4. The van der Waals surface area contributed by atoms with Gasteiger partial charge >= 0.3 is 0 Å².